The Kier molecular flexibility index (Phi) is 6.41. The van der Waals surface area contributed by atoms with Gasteiger partial charge in [-0.05, 0) is 83.0 Å². The molecule has 37 heavy (non-hydrogen) atoms. The van der Waals surface area contributed by atoms with Gasteiger partial charge >= 0.3 is 0 Å². The summed E-state index contributed by atoms with van der Waals surface area (Å²) < 4.78 is 0. The molecule has 7 nitrogen and oxygen atoms in total. The standard InChI is InChI=1S/C30H46O7/c1-25(2,36)12-11-21(33)30(8,37)23-19(32)14-27(5)20-10-9-16-17(13-18(31)24(35)26(16,3)4)29(20,7)22(34)15-28(23,27)6/h9,17-20,23,31-32,36-37H,10-15H2,1-8H3/t17-,18-,19-,20+,23+,27+,28-,29+,30-/m1/s1. The Morgan fingerprint density at radius 3 is 2.19 bits per heavy atom. The van der Waals surface area contributed by atoms with Gasteiger partial charge < -0.3 is 20.4 Å². The summed E-state index contributed by atoms with van der Waals surface area (Å²) in [5.41, 5.74) is -5.10. The summed E-state index contributed by atoms with van der Waals surface area (Å²) in [4.78, 5) is 40.4. The highest BCUT2D eigenvalue weighted by molar-refractivity contribution is 5.95. The van der Waals surface area contributed by atoms with Crippen LogP contribution in [-0.4, -0.2) is 61.2 Å². The fourth-order valence-corrected chi connectivity index (χ4v) is 9.24. The molecule has 0 aromatic heterocycles. The van der Waals surface area contributed by atoms with Gasteiger partial charge in [0.2, 0.25) is 0 Å². The van der Waals surface area contributed by atoms with Gasteiger partial charge in [0.05, 0.1) is 11.7 Å². The van der Waals surface area contributed by atoms with E-state index in [1.807, 2.05) is 27.7 Å². The molecule has 4 aliphatic carbocycles. The van der Waals surface area contributed by atoms with Gasteiger partial charge in [0.15, 0.2) is 11.6 Å². The third kappa shape index (κ3) is 3.78. The molecule has 4 aliphatic rings. The van der Waals surface area contributed by atoms with Crippen molar-refractivity contribution < 1.29 is 34.8 Å². The quantitative estimate of drug-likeness (QED) is 0.411. The molecule has 208 valence electrons. The number of hydrogen-bond donors (Lipinski definition) is 4. The number of rotatable bonds is 5. The molecule has 9 atom stereocenters. The predicted molar refractivity (Wildman–Crippen MR) is 138 cm³/mol. The molecule has 0 saturated heterocycles. The summed E-state index contributed by atoms with van der Waals surface area (Å²) in [5, 5.41) is 43.9. The van der Waals surface area contributed by atoms with Crippen molar-refractivity contribution in [1.82, 2.24) is 0 Å². The third-order valence-corrected chi connectivity index (χ3v) is 11.5. The maximum atomic E-state index is 14.2. The summed E-state index contributed by atoms with van der Waals surface area (Å²) in [6, 6.07) is 0. The zero-order valence-electron chi connectivity index (χ0n) is 23.7. The van der Waals surface area contributed by atoms with Crippen molar-refractivity contribution in [3.8, 4) is 0 Å². The molecule has 0 aromatic rings. The first-order valence-corrected chi connectivity index (χ1v) is 13.8. The van der Waals surface area contributed by atoms with Gasteiger partial charge in [0.1, 0.15) is 17.5 Å². The molecular formula is C30H46O7. The van der Waals surface area contributed by atoms with Crippen molar-refractivity contribution in [2.24, 2.45) is 39.4 Å². The zero-order valence-corrected chi connectivity index (χ0v) is 23.7. The van der Waals surface area contributed by atoms with Crippen LogP contribution in [0.3, 0.4) is 0 Å². The first-order valence-electron chi connectivity index (χ1n) is 13.8. The van der Waals surface area contributed by atoms with E-state index in [4.69, 9.17) is 0 Å². The topological polar surface area (TPSA) is 132 Å². The van der Waals surface area contributed by atoms with E-state index in [1.165, 1.54) is 6.92 Å². The van der Waals surface area contributed by atoms with Gasteiger partial charge in [-0.1, -0.05) is 32.4 Å². The minimum atomic E-state index is -1.86. The number of aliphatic hydroxyl groups excluding tert-OH is 2. The maximum absolute atomic E-state index is 14.2. The lowest BCUT2D eigenvalue weighted by Crippen LogP contribution is -2.65. The Morgan fingerprint density at radius 2 is 1.62 bits per heavy atom. The average Bonchev–Trinajstić information content (AvgIpc) is 2.96. The number of carbonyl (C=O) groups excluding carboxylic acids is 3. The second-order valence-electron chi connectivity index (χ2n) is 14.6. The van der Waals surface area contributed by atoms with Crippen molar-refractivity contribution in [3.63, 3.8) is 0 Å². The predicted octanol–water partition coefficient (Wildman–Crippen LogP) is 3.15. The largest absolute Gasteiger partial charge is 0.393 e. The molecule has 7 heteroatoms. The van der Waals surface area contributed by atoms with E-state index in [9.17, 15) is 34.8 Å². The highest BCUT2D eigenvalue weighted by Gasteiger charge is 2.74. The number of hydrogen-bond acceptors (Lipinski definition) is 7. The van der Waals surface area contributed by atoms with E-state index >= 15 is 0 Å². The number of ketones is 3. The zero-order chi connectivity index (χ0) is 28.1. The van der Waals surface area contributed by atoms with Gasteiger partial charge in [-0.2, -0.15) is 0 Å². The van der Waals surface area contributed by atoms with Crippen molar-refractivity contribution in [3.05, 3.63) is 11.6 Å². The molecule has 0 bridgehead atoms. The monoisotopic (exact) mass is 518 g/mol. The van der Waals surface area contributed by atoms with Crippen LogP contribution in [0.1, 0.15) is 93.9 Å². The summed E-state index contributed by atoms with van der Waals surface area (Å²) in [6.07, 6.45) is 1.33. The molecule has 4 rings (SSSR count). The van der Waals surface area contributed by atoms with Crippen molar-refractivity contribution in [2.45, 2.75) is 117 Å². The first-order chi connectivity index (χ1) is 16.7. The minimum Gasteiger partial charge on any atom is -0.393 e. The van der Waals surface area contributed by atoms with Gasteiger partial charge in [0, 0.05) is 29.6 Å². The lowest BCUT2D eigenvalue weighted by molar-refractivity contribution is -0.185. The fraction of sp³-hybridized carbons (Fsp3) is 0.833. The molecule has 0 radical (unpaired) electrons. The Balaban J connectivity index is 1.77. The van der Waals surface area contributed by atoms with Crippen LogP contribution in [0, 0.1) is 39.4 Å². The van der Waals surface area contributed by atoms with E-state index in [2.05, 4.69) is 13.0 Å². The normalized spacial score (nSPS) is 44.9. The lowest BCUT2D eigenvalue weighted by atomic mass is 9.38. The number of fused-ring (bicyclic) bond motifs is 5. The van der Waals surface area contributed by atoms with Gasteiger partial charge in [-0.3, -0.25) is 14.4 Å². The molecule has 3 fully saturated rings. The van der Waals surface area contributed by atoms with Crippen LogP contribution in [0.4, 0.5) is 0 Å². The molecule has 3 saturated carbocycles. The van der Waals surface area contributed by atoms with E-state index in [1.54, 1.807) is 13.8 Å². The molecule has 0 aliphatic heterocycles. The molecule has 0 spiro atoms. The van der Waals surface area contributed by atoms with Gasteiger partial charge in [0.25, 0.3) is 0 Å². The summed E-state index contributed by atoms with van der Waals surface area (Å²) in [5.74, 6) is -1.96. The van der Waals surface area contributed by atoms with E-state index < -0.39 is 56.8 Å². The number of Topliss-reactive ketones (excluding diaryl/α,β-unsaturated/α-hetero) is 3. The maximum Gasteiger partial charge on any atom is 0.170 e. The second-order valence-corrected chi connectivity index (χ2v) is 14.6. The summed E-state index contributed by atoms with van der Waals surface area (Å²) in [6.45, 7) is 14.3. The van der Waals surface area contributed by atoms with E-state index in [0.29, 0.717) is 12.8 Å². The van der Waals surface area contributed by atoms with Gasteiger partial charge in [-0.25, -0.2) is 0 Å². The van der Waals surface area contributed by atoms with Crippen molar-refractivity contribution >= 4 is 17.3 Å². The summed E-state index contributed by atoms with van der Waals surface area (Å²) >= 11 is 0. The Labute approximate surface area is 220 Å². The molecule has 0 amide bonds. The Bertz CT molecular complexity index is 1050. The Morgan fingerprint density at radius 1 is 1.03 bits per heavy atom. The fourth-order valence-electron chi connectivity index (χ4n) is 9.24. The lowest BCUT2D eigenvalue weighted by Gasteiger charge is -2.64. The third-order valence-electron chi connectivity index (χ3n) is 11.5. The molecular weight excluding hydrogens is 472 g/mol. The van der Waals surface area contributed by atoms with Crippen LogP contribution in [0.15, 0.2) is 11.6 Å². The molecule has 0 aromatic carbocycles. The highest BCUT2D eigenvalue weighted by Crippen LogP contribution is 2.74. The number of aliphatic hydroxyl groups is 4. The van der Waals surface area contributed by atoms with Crippen LogP contribution >= 0.6 is 0 Å². The smallest absolute Gasteiger partial charge is 0.170 e. The SMILES string of the molecule is CC(C)(O)CCC(=O)[C@@](C)(O)[C@H]1[C@H](O)C[C@@]2(C)[C@@H]3CC=C4[C@@H](C[C@@H](O)C(=O)C4(C)C)[C@]3(C)C(=O)C[C@]12C. The summed E-state index contributed by atoms with van der Waals surface area (Å²) in [7, 11) is 0. The van der Waals surface area contributed by atoms with Crippen molar-refractivity contribution in [1.29, 1.82) is 0 Å². The van der Waals surface area contributed by atoms with Crippen molar-refractivity contribution in [2.75, 3.05) is 0 Å². The van der Waals surface area contributed by atoms with Crippen LogP contribution in [-0.2, 0) is 14.4 Å². The highest BCUT2D eigenvalue weighted by atomic mass is 16.3. The van der Waals surface area contributed by atoms with E-state index in [-0.39, 0.29) is 49.1 Å². The average molecular weight is 519 g/mol. The minimum absolute atomic E-state index is 0.00395. The van der Waals surface area contributed by atoms with Gasteiger partial charge in [-0.15, -0.1) is 0 Å². The molecule has 4 N–H and O–H groups in total. The number of allylic oxidation sites excluding steroid dienone is 2. The second kappa shape index (κ2) is 8.30. The van der Waals surface area contributed by atoms with Crippen LogP contribution in [0.5, 0.6) is 0 Å². The van der Waals surface area contributed by atoms with Crippen LogP contribution in [0.25, 0.3) is 0 Å². The van der Waals surface area contributed by atoms with E-state index in [0.717, 1.165) is 5.57 Å². The molecule has 0 heterocycles. The first kappa shape index (κ1) is 28.6. The number of carbonyl (C=O) groups is 3. The molecule has 0 unspecified atom stereocenters. The van der Waals surface area contributed by atoms with Crippen LogP contribution in [0.2, 0.25) is 0 Å². The Hall–Kier alpha value is -1.41. The van der Waals surface area contributed by atoms with Crippen LogP contribution < -0.4 is 0 Å².